The van der Waals surface area contributed by atoms with E-state index < -0.39 is 11.9 Å². The summed E-state index contributed by atoms with van der Waals surface area (Å²) in [7, 11) is 0. The molecule has 0 saturated carbocycles. The third-order valence-electron chi connectivity index (χ3n) is 2.24. The van der Waals surface area contributed by atoms with Gasteiger partial charge in [0.05, 0.1) is 11.3 Å². The molecule has 1 aromatic carbocycles. The highest BCUT2D eigenvalue weighted by molar-refractivity contribution is 6.04. The summed E-state index contributed by atoms with van der Waals surface area (Å²) >= 11 is 0. The van der Waals surface area contributed by atoms with Crippen molar-refractivity contribution in [1.82, 2.24) is 10.2 Å². The van der Waals surface area contributed by atoms with Gasteiger partial charge in [0.25, 0.3) is 5.91 Å². The van der Waals surface area contributed by atoms with Crippen LogP contribution >= 0.6 is 0 Å². The van der Waals surface area contributed by atoms with E-state index in [0.717, 1.165) is 0 Å². The van der Waals surface area contributed by atoms with E-state index in [9.17, 15) is 14.7 Å². The predicted molar refractivity (Wildman–Crippen MR) is 61.6 cm³/mol. The Morgan fingerprint density at radius 1 is 1.28 bits per heavy atom. The molecule has 0 aliphatic rings. The molecule has 0 spiro atoms. The highest BCUT2D eigenvalue weighted by Gasteiger charge is 2.12. The molecule has 7 heteroatoms. The van der Waals surface area contributed by atoms with Crippen LogP contribution in [-0.4, -0.2) is 32.3 Å². The van der Waals surface area contributed by atoms with Crippen molar-refractivity contribution in [2.75, 3.05) is 5.32 Å². The fraction of sp³-hybridized carbons (Fsp3) is 0. The van der Waals surface area contributed by atoms with Crippen LogP contribution in [0.4, 0.5) is 5.69 Å². The van der Waals surface area contributed by atoms with Crippen molar-refractivity contribution in [2.45, 2.75) is 0 Å². The molecule has 0 bridgehead atoms. The van der Waals surface area contributed by atoms with E-state index in [1.807, 2.05) is 0 Å². The first-order chi connectivity index (χ1) is 8.58. The van der Waals surface area contributed by atoms with Gasteiger partial charge in [0.2, 0.25) is 0 Å². The molecular formula is C11H9N3O4. The number of amides is 1. The molecule has 7 nitrogen and oxygen atoms in total. The van der Waals surface area contributed by atoms with Crippen LogP contribution < -0.4 is 5.32 Å². The topological polar surface area (TPSA) is 115 Å². The average Bonchev–Trinajstić information content (AvgIpc) is 2.85. The molecule has 0 atom stereocenters. The van der Waals surface area contributed by atoms with Gasteiger partial charge in [0, 0.05) is 6.20 Å². The second-order valence-electron chi connectivity index (χ2n) is 3.46. The van der Waals surface area contributed by atoms with Gasteiger partial charge in [-0.05, 0) is 24.3 Å². The zero-order valence-electron chi connectivity index (χ0n) is 9.04. The lowest BCUT2D eigenvalue weighted by atomic mass is 10.2. The second-order valence-corrected chi connectivity index (χ2v) is 3.46. The largest absolute Gasteiger partial charge is 0.506 e. The Morgan fingerprint density at radius 2 is 2.06 bits per heavy atom. The number of benzene rings is 1. The van der Waals surface area contributed by atoms with Gasteiger partial charge in [0.15, 0.2) is 0 Å². The molecule has 0 aliphatic heterocycles. The Labute approximate surface area is 101 Å². The van der Waals surface area contributed by atoms with Crippen LogP contribution in [0.1, 0.15) is 20.8 Å². The number of H-pyrrole nitrogens is 1. The molecule has 0 radical (unpaired) electrons. The molecular weight excluding hydrogens is 238 g/mol. The minimum absolute atomic E-state index is 0.0227. The van der Waals surface area contributed by atoms with Gasteiger partial charge in [-0.1, -0.05) is 0 Å². The van der Waals surface area contributed by atoms with Crippen molar-refractivity contribution in [3.63, 3.8) is 0 Å². The summed E-state index contributed by atoms with van der Waals surface area (Å²) in [6, 6.07) is 5.06. The molecule has 1 amide bonds. The minimum Gasteiger partial charge on any atom is -0.506 e. The van der Waals surface area contributed by atoms with Crippen molar-refractivity contribution >= 4 is 17.6 Å². The van der Waals surface area contributed by atoms with Gasteiger partial charge in [-0.25, -0.2) is 4.79 Å². The lowest BCUT2D eigenvalue weighted by Gasteiger charge is -2.07. The fourth-order valence-electron chi connectivity index (χ4n) is 1.34. The molecule has 18 heavy (non-hydrogen) atoms. The van der Waals surface area contributed by atoms with Gasteiger partial charge in [-0.15, -0.1) is 0 Å². The van der Waals surface area contributed by atoms with E-state index in [4.69, 9.17) is 5.11 Å². The summed E-state index contributed by atoms with van der Waals surface area (Å²) in [6.45, 7) is 0. The molecule has 0 saturated heterocycles. The maximum Gasteiger partial charge on any atom is 0.335 e. The summed E-state index contributed by atoms with van der Waals surface area (Å²) in [5, 5.41) is 26.8. The number of aromatic nitrogens is 2. The van der Waals surface area contributed by atoms with Crippen molar-refractivity contribution in [3.8, 4) is 5.75 Å². The standard InChI is InChI=1S/C11H9N3O4/c15-9-2-1-6(11(17)18)5-8(9)13-10(16)7-3-4-12-14-7/h1-5,15H,(H,12,14)(H,13,16)(H,17,18). The number of aromatic hydroxyl groups is 1. The molecule has 4 N–H and O–H groups in total. The van der Waals surface area contributed by atoms with Crippen LogP contribution in [0.3, 0.4) is 0 Å². The summed E-state index contributed by atoms with van der Waals surface area (Å²) in [6.07, 6.45) is 1.41. The highest BCUT2D eigenvalue weighted by Crippen LogP contribution is 2.24. The van der Waals surface area contributed by atoms with Crippen LogP contribution in [-0.2, 0) is 0 Å². The zero-order chi connectivity index (χ0) is 13.1. The predicted octanol–water partition coefficient (Wildman–Crippen LogP) is 1.07. The summed E-state index contributed by atoms with van der Waals surface area (Å²) in [4.78, 5) is 22.4. The molecule has 92 valence electrons. The smallest absolute Gasteiger partial charge is 0.335 e. The number of carboxylic acids is 1. The van der Waals surface area contributed by atoms with Crippen LogP contribution in [0.15, 0.2) is 30.5 Å². The van der Waals surface area contributed by atoms with E-state index in [0.29, 0.717) is 0 Å². The third kappa shape index (κ3) is 2.29. The summed E-state index contributed by atoms with van der Waals surface area (Å²) in [5.74, 6) is -1.88. The van der Waals surface area contributed by atoms with Crippen LogP contribution in [0.5, 0.6) is 5.75 Å². The van der Waals surface area contributed by atoms with Crippen molar-refractivity contribution in [2.24, 2.45) is 0 Å². The number of aromatic amines is 1. The molecule has 1 aromatic heterocycles. The van der Waals surface area contributed by atoms with E-state index in [1.165, 1.54) is 30.5 Å². The number of rotatable bonds is 3. The van der Waals surface area contributed by atoms with Gasteiger partial charge in [-0.3, -0.25) is 9.89 Å². The number of phenols is 1. The SMILES string of the molecule is O=C(O)c1ccc(O)c(NC(=O)c2ccn[nH]2)c1. The molecule has 2 aromatic rings. The minimum atomic E-state index is -1.15. The first-order valence-corrected chi connectivity index (χ1v) is 4.95. The lowest BCUT2D eigenvalue weighted by molar-refractivity contribution is 0.0696. The molecule has 0 fully saturated rings. The lowest BCUT2D eigenvalue weighted by Crippen LogP contribution is -2.13. The van der Waals surface area contributed by atoms with Crippen molar-refractivity contribution < 1.29 is 19.8 Å². The number of carbonyl (C=O) groups is 2. The normalized spacial score (nSPS) is 10.0. The third-order valence-corrected chi connectivity index (χ3v) is 2.24. The van der Waals surface area contributed by atoms with Crippen molar-refractivity contribution in [3.05, 3.63) is 41.7 Å². The Morgan fingerprint density at radius 3 is 2.67 bits per heavy atom. The number of hydrogen-bond donors (Lipinski definition) is 4. The van der Waals surface area contributed by atoms with E-state index in [2.05, 4.69) is 15.5 Å². The summed E-state index contributed by atoms with van der Waals surface area (Å²) < 4.78 is 0. The average molecular weight is 247 g/mol. The van der Waals surface area contributed by atoms with Crippen LogP contribution in [0.25, 0.3) is 0 Å². The zero-order valence-corrected chi connectivity index (χ0v) is 9.04. The molecule has 0 aliphatic carbocycles. The second kappa shape index (κ2) is 4.58. The molecule has 2 rings (SSSR count). The van der Waals surface area contributed by atoms with Gasteiger partial charge in [0.1, 0.15) is 11.4 Å². The van der Waals surface area contributed by atoms with Gasteiger partial charge in [-0.2, -0.15) is 5.10 Å². The fourth-order valence-corrected chi connectivity index (χ4v) is 1.34. The van der Waals surface area contributed by atoms with E-state index >= 15 is 0 Å². The molecule has 1 heterocycles. The summed E-state index contributed by atoms with van der Waals surface area (Å²) in [5.41, 5.74) is 0.192. The number of phenolic OH excluding ortho intramolecular Hbond substituents is 1. The number of hydrogen-bond acceptors (Lipinski definition) is 4. The Balaban J connectivity index is 2.26. The maximum atomic E-state index is 11.7. The monoisotopic (exact) mass is 247 g/mol. The van der Waals surface area contributed by atoms with Crippen LogP contribution in [0, 0.1) is 0 Å². The van der Waals surface area contributed by atoms with E-state index in [1.54, 1.807) is 0 Å². The maximum absolute atomic E-state index is 11.7. The van der Waals surface area contributed by atoms with Gasteiger partial charge < -0.3 is 15.5 Å². The Bertz CT molecular complexity index is 592. The number of nitrogens with zero attached hydrogens (tertiary/aromatic N) is 1. The Hall–Kier alpha value is -2.83. The molecule has 0 unspecified atom stereocenters. The number of nitrogens with one attached hydrogen (secondary N) is 2. The highest BCUT2D eigenvalue weighted by atomic mass is 16.4. The first-order valence-electron chi connectivity index (χ1n) is 4.95. The quantitative estimate of drug-likeness (QED) is 0.605. The first kappa shape index (κ1) is 11.6. The number of carboxylic acid groups (broad SMARTS) is 1. The number of anilines is 1. The number of carbonyl (C=O) groups excluding carboxylic acids is 1. The number of aromatic carboxylic acids is 1. The van der Waals surface area contributed by atoms with E-state index in [-0.39, 0.29) is 22.7 Å². The van der Waals surface area contributed by atoms with Crippen LogP contribution in [0.2, 0.25) is 0 Å². The van der Waals surface area contributed by atoms with Crippen molar-refractivity contribution in [1.29, 1.82) is 0 Å². The van der Waals surface area contributed by atoms with Gasteiger partial charge >= 0.3 is 5.97 Å². The Kier molecular flexibility index (Phi) is 2.96.